The molecule has 0 heterocycles. The number of carbonyl (C=O) groups excluding carboxylic acids is 1. The monoisotopic (exact) mass is 242 g/mol. The third kappa shape index (κ3) is 7.60. The molecule has 0 aromatic rings. The van der Waals surface area contributed by atoms with Crippen LogP contribution < -0.4 is 10.6 Å². The van der Waals surface area contributed by atoms with Gasteiger partial charge in [-0.25, -0.2) is 4.79 Å². The minimum Gasteiger partial charge on any atom is -0.481 e. The van der Waals surface area contributed by atoms with Crippen LogP contribution in [0.3, 0.4) is 0 Å². The highest BCUT2D eigenvalue weighted by atomic mass is 16.4. The number of urea groups is 1. The van der Waals surface area contributed by atoms with E-state index in [1.807, 2.05) is 6.92 Å². The Morgan fingerprint density at radius 3 is 2.65 bits per heavy atom. The highest BCUT2D eigenvalue weighted by molar-refractivity contribution is 5.74. The van der Waals surface area contributed by atoms with Crippen LogP contribution in [-0.2, 0) is 4.79 Å². The molecule has 0 saturated heterocycles. The normalized spacial score (nSPS) is 16.3. The molecule has 1 aliphatic carbocycles. The van der Waals surface area contributed by atoms with Crippen LogP contribution in [0.25, 0.3) is 0 Å². The van der Waals surface area contributed by atoms with Gasteiger partial charge in [-0.2, -0.15) is 0 Å². The average Bonchev–Trinajstić information content (AvgIpc) is 3.00. The predicted octanol–water partition coefficient (Wildman–Crippen LogP) is 1.73. The third-order valence-electron chi connectivity index (χ3n) is 2.86. The molecule has 3 N–H and O–H groups in total. The van der Waals surface area contributed by atoms with E-state index in [9.17, 15) is 9.59 Å². The van der Waals surface area contributed by atoms with Gasteiger partial charge in [-0.3, -0.25) is 4.79 Å². The first-order valence-electron chi connectivity index (χ1n) is 6.34. The van der Waals surface area contributed by atoms with Crippen LogP contribution in [0.4, 0.5) is 4.79 Å². The summed E-state index contributed by atoms with van der Waals surface area (Å²) in [6.07, 6.45) is 5.13. The van der Waals surface area contributed by atoms with Gasteiger partial charge in [0.1, 0.15) is 0 Å². The standard InChI is InChI=1S/C12H22N2O3/c1-9(8-10-5-6-10)14-12(17)13-7-3-2-4-11(15)16/h9-10H,2-8H2,1H3,(H,15,16)(H2,13,14,17). The lowest BCUT2D eigenvalue weighted by Crippen LogP contribution is -2.41. The number of hydrogen-bond acceptors (Lipinski definition) is 2. The van der Waals surface area contributed by atoms with E-state index in [-0.39, 0.29) is 18.5 Å². The fourth-order valence-corrected chi connectivity index (χ4v) is 1.79. The van der Waals surface area contributed by atoms with Crippen LogP contribution in [0, 0.1) is 5.92 Å². The summed E-state index contributed by atoms with van der Waals surface area (Å²) in [5.41, 5.74) is 0. The maximum atomic E-state index is 11.4. The van der Waals surface area contributed by atoms with E-state index in [4.69, 9.17) is 5.11 Å². The molecule has 0 radical (unpaired) electrons. The minimum atomic E-state index is -0.785. The van der Waals surface area contributed by atoms with Crippen LogP contribution in [0.15, 0.2) is 0 Å². The van der Waals surface area contributed by atoms with Crippen molar-refractivity contribution < 1.29 is 14.7 Å². The topological polar surface area (TPSA) is 78.4 Å². The largest absolute Gasteiger partial charge is 0.481 e. The van der Waals surface area contributed by atoms with Gasteiger partial charge >= 0.3 is 12.0 Å². The van der Waals surface area contributed by atoms with Crippen molar-refractivity contribution in [3.8, 4) is 0 Å². The Balaban J connectivity index is 1.94. The van der Waals surface area contributed by atoms with Gasteiger partial charge < -0.3 is 15.7 Å². The highest BCUT2D eigenvalue weighted by Gasteiger charge is 2.23. The van der Waals surface area contributed by atoms with E-state index in [0.717, 1.165) is 12.3 Å². The second-order valence-electron chi connectivity index (χ2n) is 4.83. The molecule has 1 aliphatic rings. The molecular weight excluding hydrogens is 220 g/mol. The van der Waals surface area contributed by atoms with Gasteiger partial charge in [0.15, 0.2) is 0 Å². The van der Waals surface area contributed by atoms with E-state index in [1.54, 1.807) is 0 Å². The molecule has 5 heteroatoms. The van der Waals surface area contributed by atoms with Crippen molar-refractivity contribution in [1.82, 2.24) is 10.6 Å². The van der Waals surface area contributed by atoms with Gasteiger partial charge in [0.2, 0.25) is 0 Å². The molecule has 1 fully saturated rings. The highest BCUT2D eigenvalue weighted by Crippen LogP contribution is 2.33. The lowest BCUT2D eigenvalue weighted by atomic mass is 10.2. The van der Waals surface area contributed by atoms with Crippen molar-refractivity contribution in [3.05, 3.63) is 0 Å². The van der Waals surface area contributed by atoms with Crippen LogP contribution in [0.5, 0.6) is 0 Å². The summed E-state index contributed by atoms with van der Waals surface area (Å²) in [5.74, 6) is 0.0216. The maximum Gasteiger partial charge on any atom is 0.314 e. The number of unbranched alkanes of at least 4 members (excludes halogenated alkanes) is 1. The molecule has 0 aromatic carbocycles. The first-order valence-corrected chi connectivity index (χ1v) is 6.34. The smallest absolute Gasteiger partial charge is 0.314 e. The molecule has 0 aliphatic heterocycles. The number of nitrogens with one attached hydrogen (secondary N) is 2. The summed E-state index contributed by atoms with van der Waals surface area (Å²) < 4.78 is 0. The predicted molar refractivity (Wildman–Crippen MR) is 64.8 cm³/mol. The fourth-order valence-electron chi connectivity index (χ4n) is 1.79. The molecule has 5 nitrogen and oxygen atoms in total. The van der Waals surface area contributed by atoms with E-state index < -0.39 is 5.97 Å². The number of carbonyl (C=O) groups is 2. The lowest BCUT2D eigenvalue weighted by Gasteiger charge is -2.13. The maximum absolute atomic E-state index is 11.4. The Labute approximate surface area is 102 Å². The number of aliphatic carboxylic acids is 1. The second-order valence-corrected chi connectivity index (χ2v) is 4.83. The average molecular weight is 242 g/mol. The quantitative estimate of drug-likeness (QED) is 0.567. The zero-order valence-corrected chi connectivity index (χ0v) is 10.4. The number of amides is 2. The van der Waals surface area contributed by atoms with Gasteiger partial charge in [-0.1, -0.05) is 12.8 Å². The summed E-state index contributed by atoms with van der Waals surface area (Å²) in [4.78, 5) is 21.7. The molecule has 98 valence electrons. The molecule has 2 amide bonds. The molecule has 1 rings (SSSR count). The summed E-state index contributed by atoms with van der Waals surface area (Å²) >= 11 is 0. The van der Waals surface area contributed by atoms with Gasteiger partial charge in [-0.15, -0.1) is 0 Å². The number of hydrogen-bond donors (Lipinski definition) is 3. The molecule has 17 heavy (non-hydrogen) atoms. The number of carboxylic acids is 1. The summed E-state index contributed by atoms with van der Waals surface area (Å²) in [6.45, 7) is 2.55. The fraction of sp³-hybridized carbons (Fsp3) is 0.833. The molecule has 1 saturated carbocycles. The van der Waals surface area contributed by atoms with Gasteiger partial charge in [0, 0.05) is 19.0 Å². The van der Waals surface area contributed by atoms with Crippen molar-refractivity contribution in [3.63, 3.8) is 0 Å². The second kappa shape index (κ2) is 7.14. The lowest BCUT2D eigenvalue weighted by molar-refractivity contribution is -0.137. The van der Waals surface area contributed by atoms with E-state index in [0.29, 0.717) is 19.4 Å². The van der Waals surface area contributed by atoms with Gasteiger partial charge in [0.05, 0.1) is 0 Å². The molecule has 0 spiro atoms. The molecule has 0 aromatic heterocycles. The zero-order chi connectivity index (χ0) is 12.7. The van der Waals surface area contributed by atoms with E-state index >= 15 is 0 Å². The number of carboxylic acid groups (broad SMARTS) is 1. The molecule has 1 unspecified atom stereocenters. The molecular formula is C12H22N2O3. The van der Waals surface area contributed by atoms with Crippen LogP contribution in [0.2, 0.25) is 0 Å². The van der Waals surface area contributed by atoms with Gasteiger partial charge in [0.25, 0.3) is 0 Å². The Kier molecular flexibility index (Phi) is 5.80. The minimum absolute atomic E-state index is 0.145. The SMILES string of the molecule is CC(CC1CC1)NC(=O)NCCCCC(=O)O. The van der Waals surface area contributed by atoms with Crippen molar-refractivity contribution in [2.45, 2.75) is 51.5 Å². The molecule has 1 atom stereocenters. The van der Waals surface area contributed by atoms with E-state index in [1.165, 1.54) is 12.8 Å². The van der Waals surface area contributed by atoms with E-state index in [2.05, 4.69) is 10.6 Å². The molecule has 0 bridgehead atoms. The van der Waals surface area contributed by atoms with Gasteiger partial charge in [-0.05, 0) is 32.1 Å². The zero-order valence-electron chi connectivity index (χ0n) is 10.4. The van der Waals surface area contributed by atoms with Crippen molar-refractivity contribution in [1.29, 1.82) is 0 Å². The Morgan fingerprint density at radius 1 is 1.35 bits per heavy atom. The summed E-state index contributed by atoms with van der Waals surface area (Å²) in [7, 11) is 0. The first kappa shape index (κ1) is 13.8. The van der Waals surface area contributed by atoms with Crippen LogP contribution in [-0.4, -0.2) is 29.7 Å². The van der Waals surface area contributed by atoms with Crippen LogP contribution >= 0.6 is 0 Å². The Morgan fingerprint density at radius 2 is 2.06 bits per heavy atom. The van der Waals surface area contributed by atoms with Crippen LogP contribution in [0.1, 0.15) is 45.4 Å². The third-order valence-corrected chi connectivity index (χ3v) is 2.86. The van der Waals surface area contributed by atoms with Crippen molar-refractivity contribution in [2.75, 3.05) is 6.54 Å². The number of rotatable bonds is 8. The Bertz CT molecular complexity index is 264. The summed E-state index contributed by atoms with van der Waals surface area (Å²) in [6, 6.07) is 0.0787. The summed E-state index contributed by atoms with van der Waals surface area (Å²) in [5, 5.41) is 14.1. The van der Waals surface area contributed by atoms with Crippen molar-refractivity contribution in [2.24, 2.45) is 5.92 Å². The first-order chi connectivity index (χ1) is 8.08. The Hall–Kier alpha value is -1.26. The van der Waals surface area contributed by atoms with Crippen molar-refractivity contribution >= 4 is 12.0 Å².